The van der Waals surface area contributed by atoms with Gasteiger partial charge in [-0.1, -0.05) is 32.4 Å². The summed E-state index contributed by atoms with van der Waals surface area (Å²) in [4.78, 5) is 11.6. The summed E-state index contributed by atoms with van der Waals surface area (Å²) < 4.78 is 5.56. The smallest absolute Gasteiger partial charge is 0.222 e. The Morgan fingerprint density at radius 2 is 2.22 bits per heavy atom. The summed E-state index contributed by atoms with van der Waals surface area (Å²) in [6, 6.07) is 7.91. The molecule has 1 unspecified atom stereocenters. The number of nitrogens with one attached hydrogen (secondary N) is 1. The molecule has 0 spiro atoms. The van der Waals surface area contributed by atoms with Gasteiger partial charge in [0, 0.05) is 5.92 Å². The maximum absolute atomic E-state index is 11.6. The zero-order valence-corrected chi connectivity index (χ0v) is 11.5. The summed E-state index contributed by atoms with van der Waals surface area (Å²) in [5, 5.41) is 2.89. The van der Waals surface area contributed by atoms with E-state index in [1.54, 1.807) is 0 Å². The summed E-state index contributed by atoms with van der Waals surface area (Å²) in [7, 11) is 0. The monoisotopic (exact) mass is 249 g/mol. The highest BCUT2D eigenvalue weighted by Crippen LogP contribution is 2.11. The standard InChI is InChI=1S/C15H23NO2/c1-4-6-13(3)15(17)16-9-10-18-14-8-5-7-12(2)11-14/h5,7-8,11,13H,4,6,9-10H2,1-3H3,(H,16,17). The van der Waals surface area contributed by atoms with Crippen LogP contribution >= 0.6 is 0 Å². The second kappa shape index (κ2) is 7.75. The molecule has 0 radical (unpaired) electrons. The lowest BCUT2D eigenvalue weighted by Gasteiger charge is -2.11. The highest BCUT2D eigenvalue weighted by Gasteiger charge is 2.10. The van der Waals surface area contributed by atoms with Crippen molar-refractivity contribution in [3.8, 4) is 5.75 Å². The topological polar surface area (TPSA) is 38.3 Å². The Morgan fingerprint density at radius 1 is 1.44 bits per heavy atom. The van der Waals surface area contributed by atoms with Gasteiger partial charge in [-0.15, -0.1) is 0 Å². The summed E-state index contributed by atoms with van der Waals surface area (Å²) in [6.07, 6.45) is 1.97. The van der Waals surface area contributed by atoms with Crippen LogP contribution in [0.4, 0.5) is 0 Å². The molecule has 0 heterocycles. The molecule has 18 heavy (non-hydrogen) atoms. The molecular weight excluding hydrogens is 226 g/mol. The molecule has 3 heteroatoms. The lowest BCUT2D eigenvalue weighted by Crippen LogP contribution is -2.32. The number of ether oxygens (including phenoxy) is 1. The maximum Gasteiger partial charge on any atom is 0.222 e. The van der Waals surface area contributed by atoms with Gasteiger partial charge in [0.2, 0.25) is 5.91 Å². The van der Waals surface area contributed by atoms with Crippen LogP contribution in [0.2, 0.25) is 0 Å². The number of rotatable bonds is 7. The normalized spacial score (nSPS) is 11.9. The molecule has 0 bridgehead atoms. The first-order valence-electron chi connectivity index (χ1n) is 6.60. The number of hydrogen-bond acceptors (Lipinski definition) is 2. The Bertz CT molecular complexity index is 377. The molecule has 3 nitrogen and oxygen atoms in total. The van der Waals surface area contributed by atoms with Crippen molar-refractivity contribution >= 4 is 5.91 Å². The van der Waals surface area contributed by atoms with E-state index in [1.807, 2.05) is 38.1 Å². The fourth-order valence-corrected chi connectivity index (χ4v) is 1.79. The summed E-state index contributed by atoms with van der Waals surface area (Å²) in [6.45, 7) is 7.14. The van der Waals surface area contributed by atoms with E-state index in [4.69, 9.17) is 4.74 Å². The zero-order valence-electron chi connectivity index (χ0n) is 11.5. The van der Waals surface area contributed by atoms with Crippen molar-refractivity contribution in [2.75, 3.05) is 13.2 Å². The van der Waals surface area contributed by atoms with Crippen LogP contribution in [0.5, 0.6) is 5.75 Å². The van der Waals surface area contributed by atoms with Gasteiger partial charge in [0.1, 0.15) is 12.4 Å². The fourth-order valence-electron chi connectivity index (χ4n) is 1.79. The first kappa shape index (κ1) is 14.6. The predicted molar refractivity (Wildman–Crippen MR) is 73.8 cm³/mol. The Kier molecular flexibility index (Phi) is 6.26. The number of benzene rings is 1. The minimum Gasteiger partial charge on any atom is -0.492 e. The van der Waals surface area contributed by atoms with Crippen molar-refractivity contribution in [2.45, 2.75) is 33.6 Å². The fraction of sp³-hybridized carbons (Fsp3) is 0.533. The molecule has 100 valence electrons. The van der Waals surface area contributed by atoms with Crippen LogP contribution in [0, 0.1) is 12.8 Å². The molecule has 1 aromatic rings. The molecule has 1 rings (SSSR count). The van der Waals surface area contributed by atoms with Crippen molar-refractivity contribution in [3.63, 3.8) is 0 Å². The minimum atomic E-state index is 0.0916. The van der Waals surface area contributed by atoms with Gasteiger partial charge >= 0.3 is 0 Å². The molecule has 0 saturated heterocycles. The zero-order chi connectivity index (χ0) is 13.4. The third kappa shape index (κ3) is 5.21. The van der Waals surface area contributed by atoms with E-state index in [0.717, 1.165) is 18.6 Å². The molecule has 0 aromatic heterocycles. The second-order valence-electron chi connectivity index (χ2n) is 4.65. The van der Waals surface area contributed by atoms with Gasteiger partial charge in [0.05, 0.1) is 6.54 Å². The van der Waals surface area contributed by atoms with Gasteiger partial charge < -0.3 is 10.1 Å². The average Bonchev–Trinajstić information content (AvgIpc) is 2.35. The van der Waals surface area contributed by atoms with Crippen molar-refractivity contribution in [2.24, 2.45) is 5.92 Å². The van der Waals surface area contributed by atoms with Crippen LogP contribution in [-0.2, 0) is 4.79 Å². The Labute approximate surface area is 110 Å². The van der Waals surface area contributed by atoms with Crippen LogP contribution in [0.1, 0.15) is 32.3 Å². The largest absolute Gasteiger partial charge is 0.492 e. The Balaban J connectivity index is 2.21. The molecule has 1 N–H and O–H groups in total. The van der Waals surface area contributed by atoms with E-state index in [0.29, 0.717) is 13.2 Å². The predicted octanol–water partition coefficient (Wildman–Crippen LogP) is 2.93. The Hall–Kier alpha value is -1.51. The summed E-state index contributed by atoms with van der Waals surface area (Å²) in [5.41, 5.74) is 1.17. The molecule has 0 fully saturated rings. The first-order chi connectivity index (χ1) is 8.63. The van der Waals surface area contributed by atoms with Gasteiger partial charge in [0.25, 0.3) is 0 Å². The third-order valence-corrected chi connectivity index (χ3v) is 2.83. The van der Waals surface area contributed by atoms with E-state index in [-0.39, 0.29) is 11.8 Å². The van der Waals surface area contributed by atoms with Crippen LogP contribution in [-0.4, -0.2) is 19.1 Å². The molecule has 0 aliphatic heterocycles. The van der Waals surface area contributed by atoms with Gasteiger partial charge in [0.15, 0.2) is 0 Å². The number of aryl methyl sites for hydroxylation is 1. The quantitative estimate of drug-likeness (QED) is 0.755. The second-order valence-corrected chi connectivity index (χ2v) is 4.65. The highest BCUT2D eigenvalue weighted by molar-refractivity contribution is 5.78. The summed E-state index contributed by atoms with van der Waals surface area (Å²) in [5.74, 6) is 1.06. The van der Waals surface area contributed by atoms with E-state index in [1.165, 1.54) is 5.56 Å². The summed E-state index contributed by atoms with van der Waals surface area (Å²) >= 11 is 0. The van der Waals surface area contributed by atoms with Gasteiger partial charge in [-0.25, -0.2) is 0 Å². The number of carbonyl (C=O) groups excluding carboxylic acids is 1. The van der Waals surface area contributed by atoms with Crippen LogP contribution in [0.15, 0.2) is 24.3 Å². The first-order valence-corrected chi connectivity index (χ1v) is 6.60. The number of carbonyl (C=O) groups is 1. The third-order valence-electron chi connectivity index (χ3n) is 2.83. The van der Waals surface area contributed by atoms with Crippen LogP contribution in [0.3, 0.4) is 0 Å². The van der Waals surface area contributed by atoms with Crippen molar-refractivity contribution in [1.82, 2.24) is 5.32 Å². The molecule has 1 atom stereocenters. The van der Waals surface area contributed by atoms with Crippen molar-refractivity contribution in [3.05, 3.63) is 29.8 Å². The van der Waals surface area contributed by atoms with Crippen molar-refractivity contribution < 1.29 is 9.53 Å². The van der Waals surface area contributed by atoms with Crippen molar-refractivity contribution in [1.29, 1.82) is 0 Å². The van der Waals surface area contributed by atoms with E-state index >= 15 is 0 Å². The molecule has 0 aliphatic rings. The molecule has 1 aromatic carbocycles. The average molecular weight is 249 g/mol. The number of amides is 1. The van der Waals surface area contributed by atoms with E-state index in [2.05, 4.69) is 12.2 Å². The molecular formula is C15H23NO2. The van der Waals surface area contributed by atoms with E-state index < -0.39 is 0 Å². The molecule has 0 saturated carbocycles. The number of hydrogen-bond donors (Lipinski definition) is 1. The van der Waals surface area contributed by atoms with E-state index in [9.17, 15) is 4.79 Å². The lowest BCUT2D eigenvalue weighted by molar-refractivity contribution is -0.124. The molecule has 1 amide bonds. The van der Waals surface area contributed by atoms with Gasteiger partial charge in [-0.05, 0) is 31.0 Å². The molecule has 0 aliphatic carbocycles. The lowest BCUT2D eigenvalue weighted by atomic mass is 10.1. The van der Waals surface area contributed by atoms with Gasteiger partial charge in [-0.2, -0.15) is 0 Å². The van der Waals surface area contributed by atoms with Gasteiger partial charge in [-0.3, -0.25) is 4.79 Å². The minimum absolute atomic E-state index is 0.0916. The van der Waals surface area contributed by atoms with Crippen LogP contribution in [0.25, 0.3) is 0 Å². The SMILES string of the molecule is CCCC(C)C(=O)NCCOc1cccc(C)c1. The highest BCUT2D eigenvalue weighted by atomic mass is 16.5. The Morgan fingerprint density at radius 3 is 2.89 bits per heavy atom. The maximum atomic E-state index is 11.6. The van der Waals surface area contributed by atoms with Crippen LogP contribution < -0.4 is 10.1 Å².